The SMILES string of the molecule is Cn1c(=O)c([N+](=O)[O-])cn(-c2ccc([N+](=O)[O-])cc2)c1=O. The van der Waals surface area contributed by atoms with Crippen LogP contribution in [0.2, 0.25) is 0 Å². The van der Waals surface area contributed by atoms with Crippen LogP contribution in [0.5, 0.6) is 0 Å². The molecule has 0 amide bonds. The van der Waals surface area contributed by atoms with Crippen molar-refractivity contribution in [1.29, 1.82) is 0 Å². The fourth-order valence-electron chi connectivity index (χ4n) is 1.70. The fourth-order valence-corrected chi connectivity index (χ4v) is 1.70. The van der Waals surface area contributed by atoms with Gasteiger partial charge in [-0.05, 0) is 12.1 Å². The van der Waals surface area contributed by atoms with E-state index in [9.17, 15) is 29.8 Å². The summed E-state index contributed by atoms with van der Waals surface area (Å²) in [6, 6.07) is 4.82. The Morgan fingerprint density at radius 3 is 2.05 bits per heavy atom. The molecule has 0 aliphatic carbocycles. The molecule has 0 N–H and O–H groups in total. The topological polar surface area (TPSA) is 130 Å². The van der Waals surface area contributed by atoms with Gasteiger partial charge in [0.2, 0.25) is 0 Å². The maximum atomic E-state index is 12.0. The fraction of sp³-hybridized carbons (Fsp3) is 0.0909. The van der Waals surface area contributed by atoms with E-state index < -0.39 is 26.8 Å². The summed E-state index contributed by atoms with van der Waals surface area (Å²) in [5.74, 6) is 0. The van der Waals surface area contributed by atoms with Crippen molar-refractivity contribution in [2.75, 3.05) is 0 Å². The summed E-state index contributed by atoms with van der Waals surface area (Å²) >= 11 is 0. The van der Waals surface area contributed by atoms with Gasteiger partial charge in [0, 0.05) is 19.2 Å². The summed E-state index contributed by atoms with van der Waals surface area (Å²) in [6.07, 6.45) is 0.797. The summed E-state index contributed by atoms with van der Waals surface area (Å²) in [4.78, 5) is 43.4. The number of rotatable bonds is 3. The van der Waals surface area contributed by atoms with Crippen LogP contribution in [-0.2, 0) is 7.05 Å². The first-order chi connectivity index (χ1) is 9.82. The van der Waals surface area contributed by atoms with E-state index in [2.05, 4.69) is 0 Å². The average Bonchev–Trinajstić information content (AvgIpc) is 2.45. The van der Waals surface area contributed by atoms with Gasteiger partial charge in [-0.2, -0.15) is 0 Å². The molecular formula is C11H8N4O6. The van der Waals surface area contributed by atoms with Gasteiger partial charge in [0.1, 0.15) is 0 Å². The normalized spacial score (nSPS) is 10.3. The van der Waals surface area contributed by atoms with Gasteiger partial charge in [-0.3, -0.25) is 34.2 Å². The summed E-state index contributed by atoms with van der Waals surface area (Å²) in [5, 5.41) is 21.4. The maximum Gasteiger partial charge on any atom is 0.350 e. The molecular weight excluding hydrogens is 284 g/mol. The highest BCUT2D eigenvalue weighted by Gasteiger charge is 2.19. The Morgan fingerprint density at radius 1 is 1.00 bits per heavy atom. The minimum Gasteiger partial charge on any atom is -0.262 e. The van der Waals surface area contributed by atoms with Crippen molar-refractivity contribution < 1.29 is 9.85 Å². The molecule has 0 saturated heterocycles. The number of nitro benzene ring substituents is 1. The van der Waals surface area contributed by atoms with Crippen LogP contribution in [-0.4, -0.2) is 19.0 Å². The van der Waals surface area contributed by atoms with Gasteiger partial charge in [-0.15, -0.1) is 0 Å². The Labute approximate surface area is 115 Å². The zero-order chi connectivity index (χ0) is 15.7. The average molecular weight is 292 g/mol. The number of nitro groups is 2. The van der Waals surface area contributed by atoms with Crippen molar-refractivity contribution in [3.8, 4) is 5.69 Å². The Balaban J connectivity index is 2.69. The lowest BCUT2D eigenvalue weighted by molar-refractivity contribution is -0.387. The van der Waals surface area contributed by atoms with Crippen LogP contribution in [0.1, 0.15) is 0 Å². The number of aromatic nitrogens is 2. The molecule has 0 unspecified atom stereocenters. The van der Waals surface area contributed by atoms with E-state index in [4.69, 9.17) is 0 Å². The summed E-state index contributed by atoms with van der Waals surface area (Å²) in [6.45, 7) is 0. The molecule has 0 saturated carbocycles. The molecule has 10 heteroatoms. The quantitative estimate of drug-likeness (QED) is 0.592. The van der Waals surface area contributed by atoms with Gasteiger partial charge in [0.15, 0.2) is 0 Å². The highest BCUT2D eigenvalue weighted by atomic mass is 16.6. The highest BCUT2D eigenvalue weighted by molar-refractivity contribution is 5.41. The van der Waals surface area contributed by atoms with Crippen LogP contribution in [0.4, 0.5) is 11.4 Å². The van der Waals surface area contributed by atoms with E-state index in [0.29, 0.717) is 4.57 Å². The molecule has 1 aromatic carbocycles. The maximum absolute atomic E-state index is 12.0. The molecule has 0 atom stereocenters. The third kappa shape index (κ3) is 2.41. The minimum absolute atomic E-state index is 0.171. The summed E-state index contributed by atoms with van der Waals surface area (Å²) in [7, 11) is 1.11. The van der Waals surface area contributed by atoms with Crippen molar-refractivity contribution in [2.24, 2.45) is 7.05 Å². The molecule has 0 fully saturated rings. The number of hydrogen-bond donors (Lipinski definition) is 0. The van der Waals surface area contributed by atoms with Crippen LogP contribution in [0.3, 0.4) is 0 Å². The molecule has 21 heavy (non-hydrogen) atoms. The number of hydrogen-bond acceptors (Lipinski definition) is 6. The van der Waals surface area contributed by atoms with Crippen molar-refractivity contribution >= 4 is 11.4 Å². The Kier molecular flexibility index (Phi) is 3.36. The monoisotopic (exact) mass is 292 g/mol. The van der Waals surface area contributed by atoms with Crippen LogP contribution >= 0.6 is 0 Å². The van der Waals surface area contributed by atoms with Crippen LogP contribution in [0.25, 0.3) is 5.69 Å². The number of benzene rings is 1. The number of non-ortho nitro benzene ring substituents is 1. The van der Waals surface area contributed by atoms with E-state index >= 15 is 0 Å². The summed E-state index contributed by atoms with van der Waals surface area (Å²) in [5.41, 5.74) is -2.60. The Morgan fingerprint density at radius 2 is 1.57 bits per heavy atom. The second kappa shape index (κ2) is 5.00. The van der Waals surface area contributed by atoms with Gasteiger partial charge in [-0.25, -0.2) is 4.79 Å². The van der Waals surface area contributed by atoms with E-state index in [1.165, 1.54) is 12.1 Å². The van der Waals surface area contributed by atoms with Crippen molar-refractivity contribution in [1.82, 2.24) is 9.13 Å². The lowest BCUT2D eigenvalue weighted by Crippen LogP contribution is -2.37. The minimum atomic E-state index is -1.02. The van der Waals surface area contributed by atoms with E-state index in [0.717, 1.165) is 29.9 Å². The van der Waals surface area contributed by atoms with E-state index in [-0.39, 0.29) is 11.4 Å². The first-order valence-corrected chi connectivity index (χ1v) is 5.55. The second-order valence-electron chi connectivity index (χ2n) is 4.06. The van der Waals surface area contributed by atoms with Gasteiger partial charge in [0.25, 0.3) is 5.69 Å². The van der Waals surface area contributed by atoms with Crippen LogP contribution in [0, 0.1) is 20.2 Å². The lowest BCUT2D eigenvalue weighted by atomic mass is 10.3. The molecule has 2 aromatic rings. The third-order valence-corrected chi connectivity index (χ3v) is 2.80. The van der Waals surface area contributed by atoms with E-state index in [1.54, 1.807) is 0 Å². The smallest absolute Gasteiger partial charge is 0.262 e. The molecule has 1 heterocycles. The molecule has 2 rings (SSSR count). The number of nitrogens with zero attached hydrogens (tertiary/aromatic N) is 4. The van der Waals surface area contributed by atoms with Crippen LogP contribution in [0.15, 0.2) is 40.1 Å². The standard InChI is InChI=1S/C11H8N4O6/c1-12-10(16)9(15(20)21)6-13(11(12)17)7-2-4-8(5-3-7)14(18)19/h2-6H,1H3. The molecule has 10 nitrogen and oxygen atoms in total. The van der Waals surface area contributed by atoms with Crippen molar-refractivity contribution in [2.45, 2.75) is 0 Å². The van der Waals surface area contributed by atoms with Gasteiger partial charge in [-0.1, -0.05) is 0 Å². The third-order valence-electron chi connectivity index (χ3n) is 2.80. The molecule has 0 bridgehead atoms. The molecule has 0 aliphatic heterocycles. The second-order valence-corrected chi connectivity index (χ2v) is 4.06. The predicted octanol–water partition coefficient (Wildman–Crippen LogP) is 0.353. The zero-order valence-electron chi connectivity index (χ0n) is 10.6. The van der Waals surface area contributed by atoms with Gasteiger partial charge < -0.3 is 0 Å². The Hall–Kier alpha value is -3.30. The van der Waals surface area contributed by atoms with Gasteiger partial charge in [0.05, 0.1) is 21.7 Å². The highest BCUT2D eigenvalue weighted by Crippen LogP contribution is 2.14. The zero-order valence-corrected chi connectivity index (χ0v) is 10.6. The van der Waals surface area contributed by atoms with Crippen molar-refractivity contribution in [3.05, 3.63) is 71.5 Å². The van der Waals surface area contributed by atoms with Gasteiger partial charge >= 0.3 is 16.9 Å². The first-order valence-electron chi connectivity index (χ1n) is 5.55. The van der Waals surface area contributed by atoms with Crippen molar-refractivity contribution in [3.63, 3.8) is 0 Å². The molecule has 0 radical (unpaired) electrons. The molecule has 1 aromatic heterocycles. The molecule has 0 spiro atoms. The van der Waals surface area contributed by atoms with Crippen LogP contribution < -0.4 is 11.2 Å². The first kappa shape index (κ1) is 14.1. The van der Waals surface area contributed by atoms with E-state index in [1.807, 2.05) is 0 Å². The molecule has 108 valence electrons. The predicted molar refractivity (Wildman–Crippen MR) is 70.6 cm³/mol. The largest absolute Gasteiger partial charge is 0.350 e. The molecule has 0 aliphatic rings. The Bertz CT molecular complexity index is 848. The summed E-state index contributed by atoms with van der Waals surface area (Å²) < 4.78 is 1.48. The lowest BCUT2D eigenvalue weighted by Gasteiger charge is -2.06.